The van der Waals surface area contributed by atoms with Gasteiger partial charge < -0.3 is 29.9 Å². The monoisotopic (exact) mass is 538 g/mol. The molecular weight excluding hydrogens is 508 g/mol. The number of carbonyl (C=O) groups is 3. The Bertz CT molecular complexity index is 1490. The van der Waals surface area contributed by atoms with Gasteiger partial charge in [0, 0.05) is 60.1 Å². The predicted molar refractivity (Wildman–Crippen MR) is 153 cm³/mol. The summed E-state index contributed by atoms with van der Waals surface area (Å²) in [6, 6.07) is 24.3. The number of morpholine rings is 1. The maximum Gasteiger partial charge on any atom is 0.272 e. The molecule has 1 unspecified atom stereocenters. The zero-order valence-corrected chi connectivity index (χ0v) is 22.0. The number of ether oxygens (including phenoxy) is 1. The number of nitrogens with one attached hydrogen (secondary N) is 2. The molecule has 1 aromatic heterocycles. The summed E-state index contributed by atoms with van der Waals surface area (Å²) >= 11 is 0. The Morgan fingerprint density at radius 2 is 1.40 bits per heavy atom. The van der Waals surface area contributed by atoms with Gasteiger partial charge in [-0.05, 0) is 84.9 Å². The fourth-order valence-corrected chi connectivity index (χ4v) is 4.56. The number of aliphatic hydroxyl groups excluding tert-OH is 1. The number of nitrogens with zero attached hydrogens (tertiary/aromatic N) is 2. The third-order valence-electron chi connectivity index (χ3n) is 6.82. The summed E-state index contributed by atoms with van der Waals surface area (Å²) in [5, 5.41) is 15.0. The van der Waals surface area contributed by atoms with Gasteiger partial charge in [-0.15, -0.1) is 0 Å². The Morgan fingerprint density at radius 3 is 1.95 bits per heavy atom. The topological polar surface area (TPSA) is 113 Å². The van der Waals surface area contributed by atoms with Crippen molar-refractivity contribution >= 4 is 34.7 Å². The standard InChI is InChI=1S/C31H30N4O5/c1-34-16-2-3-28(34)31(39)33-25-12-6-22(7-13-25)29(37)21-4-10-24(11-5-21)32-30(38)23-8-14-26(15-9-23)35-17-18-40-27(19-35)20-36/h2-16,27,36H,17-20H2,1H3,(H,32,38)(H,33,39). The first-order chi connectivity index (χ1) is 19.4. The Hall–Kier alpha value is -4.73. The van der Waals surface area contributed by atoms with Crippen LogP contribution in [0, 0.1) is 0 Å². The van der Waals surface area contributed by atoms with Gasteiger partial charge in [-0.25, -0.2) is 0 Å². The van der Waals surface area contributed by atoms with Gasteiger partial charge >= 0.3 is 0 Å². The lowest BCUT2D eigenvalue weighted by Crippen LogP contribution is -2.44. The van der Waals surface area contributed by atoms with E-state index >= 15 is 0 Å². The molecule has 4 aromatic rings. The minimum absolute atomic E-state index is 0.0254. The maximum absolute atomic E-state index is 13.0. The Labute approximate surface area is 232 Å². The minimum atomic E-state index is -0.256. The van der Waals surface area contributed by atoms with E-state index in [4.69, 9.17) is 4.74 Å². The molecule has 0 spiro atoms. The molecule has 1 aliphatic rings. The van der Waals surface area contributed by atoms with Crippen LogP contribution in [0.4, 0.5) is 17.1 Å². The zero-order chi connectivity index (χ0) is 28.1. The predicted octanol–water partition coefficient (Wildman–Crippen LogP) is 3.96. The van der Waals surface area contributed by atoms with Crippen molar-refractivity contribution in [1.29, 1.82) is 0 Å². The Balaban J connectivity index is 1.17. The smallest absolute Gasteiger partial charge is 0.272 e. The number of carbonyl (C=O) groups excluding carboxylic acids is 3. The highest BCUT2D eigenvalue weighted by Crippen LogP contribution is 2.20. The van der Waals surface area contributed by atoms with Gasteiger partial charge in [0.15, 0.2) is 5.78 Å². The van der Waals surface area contributed by atoms with Crippen molar-refractivity contribution in [2.75, 3.05) is 41.8 Å². The molecule has 2 amide bonds. The third kappa shape index (κ3) is 6.12. The van der Waals surface area contributed by atoms with Crippen LogP contribution in [-0.2, 0) is 11.8 Å². The highest BCUT2D eigenvalue weighted by Gasteiger charge is 2.20. The van der Waals surface area contributed by atoms with Crippen molar-refractivity contribution in [3.8, 4) is 0 Å². The number of aromatic nitrogens is 1. The van der Waals surface area contributed by atoms with Gasteiger partial charge in [-0.3, -0.25) is 14.4 Å². The molecular formula is C31H30N4O5. The van der Waals surface area contributed by atoms with Crippen LogP contribution in [0.1, 0.15) is 36.8 Å². The highest BCUT2D eigenvalue weighted by molar-refractivity contribution is 6.10. The summed E-state index contributed by atoms with van der Waals surface area (Å²) in [4.78, 5) is 40.2. The number of amides is 2. The van der Waals surface area contributed by atoms with E-state index in [1.165, 1.54) is 0 Å². The second-order valence-electron chi connectivity index (χ2n) is 9.56. The summed E-state index contributed by atoms with van der Waals surface area (Å²) in [6.45, 7) is 1.84. The first-order valence-corrected chi connectivity index (χ1v) is 13.0. The van der Waals surface area contributed by atoms with Crippen molar-refractivity contribution in [2.45, 2.75) is 6.10 Å². The number of rotatable bonds is 8. The van der Waals surface area contributed by atoms with Gasteiger partial charge in [-0.2, -0.15) is 0 Å². The molecule has 1 atom stereocenters. The molecule has 9 nitrogen and oxygen atoms in total. The zero-order valence-electron chi connectivity index (χ0n) is 22.0. The molecule has 3 aromatic carbocycles. The summed E-state index contributed by atoms with van der Waals surface area (Å²) in [7, 11) is 1.80. The SMILES string of the molecule is Cn1cccc1C(=O)Nc1ccc(C(=O)c2ccc(NC(=O)c3ccc(N4CCOC(CO)C4)cc3)cc2)cc1. The number of ketones is 1. The molecule has 9 heteroatoms. The lowest BCUT2D eigenvalue weighted by molar-refractivity contribution is 0.00357. The molecule has 40 heavy (non-hydrogen) atoms. The Kier molecular flexibility index (Phi) is 8.04. The fourth-order valence-electron chi connectivity index (χ4n) is 4.56. The number of anilines is 3. The van der Waals surface area contributed by atoms with Crippen LogP contribution in [0.5, 0.6) is 0 Å². The van der Waals surface area contributed by atoms with E-state index in [1.807, 2.05) is 12.1 Å². The Morgan fingerprint density at radius 1 is 0.825 bits per heavy atom. The summed E-state index contributed by atoms with van der Waals surface area (Å²) < 4.78 is 7.23. The van der Waals surface area contributed by atoms with E-state index in [-0.39, 0.29) is 30.3 Å². The first-order valence-electron chi connectivity index (χ1n) is 13.0. The van der Waals surface area contributed by atoms with Crippen LogP contribution >= 0.6 is 0 Å². The van der Waals surface area contributed by atoms with E-state index in [9.17, 15) is 19.5 Å². The second-order valence-corrected chi connectivity index (χ2v) is 9.56. The van der Waals surface area contributed by atoms with Crippen LogP contribution in [-0.4, -0.2) is 59.7 Å². The molecule has 0 aliphatic carbocycles. The van der Waals surface area contributed by atoms with Gasteiger partial charge in [0.25, 0.3) is 11.8 Å². The maximum atomic E-state index is 13.0. The number of aryl methyl sites for hydroxylation is 1. The lowest BCUT2D eigenvalue weighted by Gasteiger charge is -2.33. The van der Waals surface area contributed by atoms with Crippen LogP contribution < -0.4 is 15.5 Å². The van der Waals surface area contributed by atoms with Crippen LogP contribution in [0.2, 0.25) is 0 Å². The molecule has 0 saturated carbocycles. The van der Waals surface area contributed by atoms with Gasteiger partial charge in [0.05, 0.1) is 19.3 Å². The van der Waals surface area contributed by atoms with Crippen molar-refractivity contribution in [3.63, 3.8) is 0 Å². The summed E-state index contributed by atoms with van der Waals surface area (Å²) in [6.07, 6.45) is 1.59. The molecule has 204 valence electrons. The van der Waals surface area contributed by atoms with E-state index in [2.05, 4.69) is 15.5 Å². The molecule has 0 bridgehead atoms. The van der Waals surface area contributed by atoms with Crippen molar-refractivity contribution in [3.05, 3.63) is 114 Å². The van der Waals surface area contributed by atoms with E-state index in [1.54, 1.807) is 90.6 Å². The molecule has 3 N–H and O–H groups in total. The lowest BCUT2D eigenvalue weighted by atomic mass is 10.0. The van der Waals surface area contributed by atoms with Gasteiger partial charge in [0.2, 0.25) is 0 Å². The summed E-state index contributed by atoms with van der Waals surface area (Å²) in [5.41, 5.74) is 4.14. The van der Waals surface area contributed by atoms with Crippen molar-refractivity contribution in [1.82, 2.24) is 4.57 Å². The highest BCUT2D eigenvalue weighted by atomic mass is 16.5. The molecule has 1 fully saturated rings. The molecule has 5 rings (SSSR count). The van der Waals surface area contributed by atoms with Crippen molar-refractivity contribution in [2.24, 2.45) is 7.05 Å². The average Bonchev–Trinajstić information content (AvgIpc) is 3.43. The number of hydrogen-bond donors (Lipinski definition) is 3. The number of aliphatic hydroxyl groups is 1. The quantitative estimate of drug-likeness (QED) is 0.293. The largest absolute Gasteiger partial charge is 0.394 e. The number of hydrogen-bond acceptors (Lipinski definition) is 6. The first kappa shape index (κ1) is 26.9. The third-order valence-corrected chi connectivity index (χ3v) is 6.82. The average molecular weight is 539 g/mol. The summed E-state index contributed by atoms with van der Waals surface area (Å²) in [5.74, 6) is -0.650. The second kappa shape index (κ2) is 12.0. The normalized spacial score (nSPS) is 14.9. The minimum Gasteiger partial charge on any atom is -0.394 e. The van der Waals surface area contributed by atoms with Gasteiger partial charge in [-0.1, -0.05) is 0 Å². The van der Waals surface area contributed by atoms with Crippen LogP contribution in [0.25, 0.3) is 0 Å². The number of benzene rings is 3. The van der Waals surface area contributed by atoms with Gasteiger partial charge in [0.1, 0.15) is 5.69 Å². The fraction of sp³-hybridized carbons (Fsp3) is 0.194. The molecule has 1 saturated heterocycles. The van der Waals surface area contributed by atoms with E-state index in [0.717, 1.165) is 12.2 Å². The van der Waals surface area contributed by atoms with Crippen LogP contribution in [0.3, 0.4) is 0 Å². The molecule has 2 heterocycles. The van der Waals surface area contributed by atoms with E-state index in [0.29, 0.717) is 46.9 Å². The molecule has 1 aliphatic heterocycles. The molecule has 0 radical (unpaired) electrons. The van der Waals surface area contributed by atoms with Crippen molar-refractivity contribution < 1.29 is 24.2 Å². The van der Waals surface area contributed by atoms with Crippen LogP contribution in [0.15, 0.2) is 91.1 Å². The van der Waals surface area contributed by atoms with E-state index < -0.39 is 0 Å².